The average Bonchev–Trinajstić information content (AvgIpc) is 2.68. The second-order valence-corrected chi connectivity index (χ2v) is 6.88. The highest BCUT2D eigenvalue weighted by Crippen LogP contribution is 2.23. The molecule has 3 rings (SSSR count). The zero-order chi connectivity index (χ0) is 21.1. The first-order chi connectivity index (χ1) is 13.8. The lowest BCUT2D eigenvalue weighted by molar-refractivity contribution is -0.123. The van der Waals surface area contributed by atoms with Gasteiger partial charge in [-0.05, 0) is 63.6 Å². The molecule has 1 aromatic heterocycles. The minimum absolute atomic E-state index is 0.0556. The molecular formula is C23H22N2O4. The average molecular weight is 390 g/mol. The number of hydrogen-bond acceptors (Lipinski definition) is 5. The summed E-state index contributed by atoms with van der Waals surface area (Å²) in [5.41, 5.74) is 3.57. The van der Waals surface area contributed by atoms with Crippen LogP contribution in [0.25, 0.3) is 10.9 Å². The van der Waals surface area contributed by atoms with Crippen LogP contribution in [0.5, 0.6) is 0 Å². The van der Waals surface area contributed by atoms with Crippen LogP contribution in [-0.2, 0) is 9.53 Å². The minimum Gasteiger partial charge on any atom is -0.449 e. The number of fused-ring (bicyclic) bond motifs is 1. The molecule has 0 spiro atoms. The van der Waals surface area contributed by atoms with Gasteiger partial charge in [-0.2, -0.15) is 0 Å². The first-order valence-corrected chi connectivity index (χ1v) is 9.26. The van der Waals surface area contributed by atoms with Crippen molar-refractivity contribution in [3.8, 4) is 0 Å². The number of esters is 1. The van der Waals surface area contributed by atoms with Crippen molar-refractivity contribution >= 4 is 34.3 Å². The fourth-order valence-electron chi connectivity index (χ4n) is 3.14. The number of nitrogens with one attached hydrogen (secondary N) is 1. The molecule has 6 nitrogen and oxygen atoms in total. The summed E-state index contributed by atoms with van der Waals surface area (Å²) < 4.78 is 5.40. The van der Waals surface area contributed by atoms with Gasteiger partial charge in [0.25, 0.3) is 5.91 Å². The summed E-state index contributed by atoms with van der Waals surface area (Å²) in [6.45, 7) is 6.57. The molecule has 0 fully saturated rings. The molecular weight excluding hydrogens is 368 g/mol. The fraction of sp³-hybridized carbons (Fsp3) is 0.217. The van der Waals surface area contributed by atoms with Crippen LogP contribution in [0.4, 0.5) is 5.69 Å². The van der Waals surface area contributed by atoms with Crippen LogP contribution in [0.3, 0.4) is 0 Å². The Labute approximate surface area is 168 Å². The summed E-state index contributed by atoms with van der Waals surface area (Å²) >= 11 is 0. The molecule has 1 atom stereocenters. The predicted octanol–water partition coefficient (Wildman–Crippen LogP) is 4.24. The van der Waals surface area contributed by atoms with E-state index >= 15 is 0 Å². The lowest BCUT2D eigenvalue weighted by Crippen LogP contribution is -2.30. The highest BCUT2D eigenvalue weighted by atomic mass is 16.5. The van der Waals surface area contributed by atoms with E-state index in [1.165, 1.54) is 13.8 Å². The maximum absolute atomic E-state index is 12.7. The van der Waals surface area contributed by atoms with Gasteiger partial charge < -0.3 is 10.1 Å². The van der Waals surface area contributed by atoms with Crippen LogP contribution >= 0.6 is 0 Å². The SMILES string of the molecule is CC(=O)c1ccc(NC(=O)[C@H](C)OC(=O)c2c(C)nc3ccccc3c2C)cc1. The van der Waals surface area contributed by atoms with Crippen molar-refractivity contribution in [2.24, 2.45) is 0 Å². The van der Waals surface area contributed by atoms with E-state index in [1.807, 2.05) is 31.2 Å². The van der Waals surface area contributed by atoms with E-state index in [1.54, 1.807) is 31.2 Å². The topological polar surface area (TPSA) is 85.4 Å². The maximum atomic E-state index is 12.7. The van der Waals surface area contributed by atoms with Crippen molar-refractivity contribution in [1.29, 1.82) is 0 Å². The van der Waals surface area contributed by atoms with E-state index in [4.69, 9.17) is 4.74 Å². The van der Waals surface area contributed by atoms with E-state index in [2.05, 4.69) is 10.3 Å². The van der Waals surface area contributed by atoms with Crippen LogP contribution in [0.1, 0.15) is 45.8 Å². The number of carbonyl (C=O) groups is 3. The molecule has 1 amide bonds. The number of aryl methyl sites for hydroxylation is 2. The first-order valence-electron chi connectivity index (χ1n) is 9.26. The molecule has 0 aliphatic heterocycles. The summed E-state index contributed by atoms with van der Waals surface area (Å²) in [6, 6.07) is 14.1. The standard InChI is InChI=1S/C23H22N2O4/c1-13-19-7-5-6-8-20(19)24-14(2)21(13)23(28)29-16(4)22(27)25-18-11-9-17(10-12-18)15(3)26/h5-12,16H,1-4H3,(H,25,27)/t16-/m0/s1. The third-order valence-corrected chi connectivity index (χ3v) is 4.75. The molecule has 0 bridgehead atoms. The zero-order valence-electron chi connectivity index (χ0n) is 16.8. The van der Waals surface area contributed by atoms with Gasteiger partial charge in [0.05, 0.1) is 16.8 Å². The molecule has 1 N–H and O–H groups in total. The Morgan fingerprint density at radius 1 is 1.00 bits per heavy atom. The summed E-state index contributed by atoms with van der Waals surface area (Å²) in [7, 11) is 0. The van der Waals surface area contributed by atoms with Crippen molar-refractivity contribution < 1.29 is 19.1 Å². The lowest BCUT2D eigenvalue weighted by Gasteiger charge is -2.16. The Bertz CT molecular complexity index is 1100. The Kier molecular flexibility index (Phi) is 5.73. The number of para-hydroxylation sites is 1. The van der Waals surface area contributed by atoms with Crippen LogP contribution in [0.15, 0.2) is 48.5 Å². The number of ether oxygens (including phenoxy) is 1. The number of hydrogen-bond donors (Lipinski definition) is 1. The molecule has 0 aliphatic rings. The van der Waals surface area contributed by atoms with Gasteiger partial charge >= 0.3 is 5.97 Å². The van der Waals surface area contributed by atoms with Gasteiger partial charge in [0.1, 0.15) is 0 Å². The van der Waals surface area contributed by atoms with Crippen LogP contribution < -0.4 is 5.32 Å². The number of carbonyl (C=O) groups excluding carboxylic acids is 3. The van der Waals surface area contributed by atoms with Crippen LogP contribution in [0, 0.1) is 13.8 Å². The summed E-state index contributed by atoms with van der Waals surface area (Å²) in [5, 5.41) is 3.55. The number of nitrogens with zero attached hydrogens (tertiary/aromatic N) is 1. The molecule has 3 aromatic rings. The van der Waals surface area contributed by atoms with Crippen molar-refractivity contribution in [2.45, 2.75) is 33.8 Å². The zero-order valence-corrected chi connectivity index (χ0v) is 16.8. The normalized spacial score (nSPS) is 11.7. The minimum atomic E-state index is -1.000. The molecule has 2 aromatic carbocycles. The largest absolute Gasteiger partial charge is 0.449 e. The number of aromatic nitrogens is 1. The molecule has 6 heteroatoms. The number of Topliss-reactive ketones (excluding diaryl/α,β-unsaturated/α-hetero) is 1. The Hall–Kier alpha value is -3.54. The van der Waals surface area contributed by atoms with Crippen molar-refractivity contribution in [3.63, 3.8) is 0 Å². The number of rotatable bonds is 5. The first kappa shape index (κ1) is 20.2. The second kappa shape index (κ2) is 8.22. The van der Waals surface area contributed by atoms with E-state index in [0.717, 1.165) is 16.5 Å². The van der Waals surface area contributed by atoms with Gasteiger partial charge in [0, 0.05) is 16.6 Å². The van der Waals surface area contributed by atoms with Gasteiger partial charge in [0.15, 0.2) is 11.9 Å². The molecule has 0 saturated carbocycles. The smallest absolute Gasteiger partial charge is 0.341 e. The van der Waals surface area contributed by atoms with E-state index in [-0.39, 0.29) is 5.78 Å². The Morgan fingerprint density at radius 2 is 1.66 bits per heavy atom. The number of anilines is 1. The third-order valence-electron chi connectivity index (χ3n) is 4.75. The van der Waals surface area contributed by atoms with E-state index < -0.39 is 18.0 Å². The molecule has 0 unspecified atom stereocenters. The Balaban J connectivity index is 1.74. The van der Waals surface area contributed by atoms with Gasteiger partial charge in [-0.25, -0.2) is 4.79 Å². The monoisotopic (exact) mass is 390 g/mol. The molecule has 148 valence electrons. The maximum Gasteiger partial charge on any atom is 0.341 e. The molecule has 0 saturated heterocycles. The highest BCUT2D eigenvalue weighted by molar-refractivity contribution is 6.01. The van der Waals surface area contributed by atoms with Crippen molar-refractivity contribution in [2.75, 3.05) is 5.32 Å². The molecule has 29 heavy (non-hydrogen) atoms. The summed E-state index contributed by atoms with van der Waals surface area (Å²) in [6.07, 6.45) is -1.000. The van der Waals surface area contributed by atoms with Crippen molar-refractivity contribution in [1.82, 2.24) is 4.98 Å². The van der Waals surface area contributed by atoms with E-state index in [9.17, 15) is 14.4 Å². The van der Waals surface area contributed by atoms with Gasteiger partial charge in [-0.1, -0.05) is 18.2 Å². The van der Waals surface area contributed by atoms with Gasteiger partial charge in [-0.15, -0.1) is 0 Å². The van der Waals surface area contributed by atoms with Gasteiger partial charge in [0.2, 0.25) is 0 Å². The van der Waals surface area contributed by atoms with Crippen molar-refractivity contribution in [3.05, 3.63) is 70.9 Å². The second-order valence-electron chi connectivity index (χ2n) is 6.88. The summed E-state index contributed by atoms with van der Waals surface area (Å²) in [5.74, 6) is -1.11. The lowest BCUT2D eigenvalue weighted by atomic mass is 10.0. The quantitative estimate of drug-likeness (QED) is 0.520. The number of pyridine rings is 1. The predicted molar refractivity (Wildman–Crippen MR) is 111 cm³/mol. The molecule has 0 aliphatic carbocycles. The van der Waals surface area contributed by atoms with E-state index in [0.29, 0.717) is 22.5 Å². The number of benzene rings is 2. The number of amides is 1. The number of ketones is 1. The van der Waals surface area contributed by atoms with Crippen LogP contribution in [-0.4, -0.2) is 28.7 Å². The fourth-order valence-corrected chi connectivity index (χ4v) is 3.14. The molecule has 1 heterocycles. The summed E-state index contributed by atoms with van der Waals surface area (Å²) in [4.78, 5) is 40.9. The van der Waals surface area contributed by atoms with Crippen LogP contribution in [0.2, 0.25) is 0 Å². The molecule has 0 radical (unpaired) electrons. The Morgan fingerprint density at radius 3 is 2.31 bits per heavy atom. The van der Waals surface area contributed by atoms with Gasteiger partial charge in [-0.3, -0.25) is 14.6 Å². The third kappa shape index (κ3) is 4.32. The highest BCUT2D eigenvalue weighted by Gasteiger charge is 2.23.